The first-order valence-electron chi connectivity index (χ1n) is 6.44. The summed E-state index contributed by atoms with van der Waals surface area (Å²) >= 11 is 18.0. The van der Waals surface area contributed by atoms with E-state index in [0.717, 1.165) is 11.3 Å². The van der Waals surface area contributed by atoms with Crippen LogP contribution in [0.25, 0.3) is 0 Å². The molecular weight excluding hydrogens is 331 g/mol. The number of ether oxygens (including phenoxy) is 1. The highest BCUT2D eigenvalue weighted by Crippen LogP contribution is 2.36. The summed E-state index contributed by atoms with van der Waals surface area (Å²) in [6.45, 7) is 4.52. The van der Waals surface area contributed by atoms with E-state index in [-0.39, 0.29) is 5.92 Å². The number of nitrogens with zero attached hydrogens (tertiary/aromatic N) is 1. The van der Waals surface area contributed by atoms with Crippen molar-refractivity contribution in [3.05, 3.63) is 50.6 Å². The number of pyridine rings is 1. The SMILES string of the molecule is CC(C)c1cc(CN)cc(Oc2cc(Cl)c(Cl)cc2Cl)n1. The molecule has 0 aliphatic rings. The van der Waals surface area contributed by atoms with Crippen molar-refractivity contribution < 1.29 is 4.74 Å². The Hall–Kier alpha value is -1.000. The lowest BCUT2D eigenvalue weighted by molar-refractivity contribution is 0.459. The molecule has 112 valence electrons. The molecule has 1 aromatic carbocycles. The molecule has 2 rings (SSSR count). The van der Waals surface area contributed by atoms with Gasteiger partial charge in [0.1, 0.15) is 5.75 Å². The van der Waals surface area contributed by atoms with Gasteiger partial charge >= 0.3 is 0 Å². The van der Waals surface area contributed by atoms with Crippen LogP contribution in [0.15, 0.2) is 24.3 Å². The van der Waals surface area contributed by atoms with Crippen LogP contribution in [0, 0.1) is 0 Å². The van der Waals surface area contributed by atoms with E-state index in [1.54, 1.807) is 12.1 Å². The first-order chi connectivity index (χ1) is 9.90. The summed E-state index contributed by atoms with van der Waals surface area (Å²) in [6, 6.07) is 6.85. The molecule has 1 heterocycles. The highest BCUT2D eigenvalue weighted by atomic mass is 35.5. The smallest absolute Gasteiger partial charge is 0.219 e. The zero-order valence-corrected chi connectivity index (χ0v) is 13.9. The number of benzene rings is 1. The lowest BCUT2D eigenvalue weighted by Gasteiger charge is -2.12. The second-order valence-electron chi connectivity index (χ2n) is 4.90. The van der Waals surface area contributed by atoms with Crippen molar-refractivity contribution in [1.29, 1.82) is 0 Å². The fraction of sp³-hybridized carbons (Fsp3) is 0.267. The quantitative estimate of drug-likeness (QED) is 0.753. The predicted molar refractivity (Wildman–Crippen MR) is 87.8 cm³/mol. The second-order valence-corrected chi connectivity index (χ2v) is 6.12. The Kier molecular flexibility index (Phi) is 5.33. The summed E-state index contributed by atoms with van der Waals surface area (Å²) in [5.41, 5.74) is 7.56. The maximum Gasteiger partial charge on any atom is 0.219 e. The number of hydrogen-bond acceptors (Lipinski definition) is 3. The number of nitrogens with two attached hydrogens (primary N) is 1. The lowest BCUT2D eigenvalue weighted by Crippen LogP contribution is -2.02. The Labute approximate surface area is 139 Å². The average Bonchev–Trinajstić information content (AvgIpc) is 2.44. The van der Waals surface area contributed by atoms with Crippen molar-refractivity contribution in [3.8, 4) is 11.6 Å². The van der Waals surface area contributed by atoms with E-state index in [2.05, 4.69) is 18.8 Å². The fourth-order valence-electron chi connectivity index (χ4n) is 1.74. The van der Waals surface area contributed by atoms with Gasteiger partial charge in [-0.05, 0) is 23.6 Å². The third kappa shape index (κ3) is 4.01. The minimum absolute atomic E-state index is 0.267. The summed E-state index contributed by atoms with van der Waals surface area (Å²) in [7, 11) is 0. The Morgan fingerprint density at radius 3 is 2.33 bits per heavy atom. The van der Waals surface area contributed by atoms with Crippen LogP contribution in [0.1, 0.15) is 31.0 Å². The molecular formula is C15H15Cl3N2O. The van der Waals surface area contributed by atoms with Crippen LogP contribution < -0.4 is 10.5 Å². The van der Waals surface area contributed by atoms with Gasteiger partial charge in [0, 0.05) is 24.4 Å². The van der Waals surface area contributed by atoms with Crippen molar-refractivity contribution in [2.75, 3.05) is 0 Å². The zero-order chi connectivity index (χ0) is 15.6. The van der Waals surface area contributed by atoms with Crippen molar-refractivity contribution in [2.45, 2.75) is 26.3 Å². The summed E-state index contributed by atoms with van der Waals surface area (Å²) in [5, 5.41) is 1.12. The molecule has 2 N–H and O–H groups in total. The van der Waals surface area contributed by atoms with Crippen molar-refractivity contribution in [3.63, 3.8) is 0 Å². The number of aromatic nitrogens is 1. The predicted octanol–water partition coefficient (Wildman–Crippen LogP) is 5.42. The van der Waals surface area contributed by atoms with Gasteiger partial charge in [0.05, 0.1) is 15.1 Å². The molecule has 0 spiro atoms. The van der Waals surface area contributed by atoms with Gasteiger partial charge < -0.3 is 10.5 Å². The molecule has 0 radical (unpaired) electrons. The average molecular weight is 346 g/mol. The van der Waals surface area contributed by atoms with Gasteiger partial charge in [-0.15, -0.1) is 0 Å². The highest BCUT2D eigenvalue weighted by Gasteiger charge is 2.11. The monoisotopic (exact) mass is 344 g/mol. The van der Waals surface area contributed by atoms with Gasteiger partial charge in [-0.3, -0.25) is 0 Å². The molecule has 21 heavy (non-hydrogen) atoms. The summed E-state index contributed by atoms with van der Waals surface area (Å²) in [5.74, 6) is 1.10. The number of hydrogen-bond donors (Lipinski definition) is 1. The van der Waals surface area contributed by atoms with E-state index in [9.17, 15) is 0 Å². The normalized spacial score (nSPS) is 11.0. The van der Waals surface area contributed by atoms with E-state index in [0.29, 0.717) is 33.2 Å². The fourth-order valence-corrected chi connectivity index (χ4v) is 2.32. The van der Waals surface area contributed by atoms with E-state index in [4.69, 9.17) is 45.3 Å². The molecule has 0 aliphatic heterocycles. The van der Waals surface area contributed by atoms with E-state index < -0.39 is 0 Å². The Morgan fingerprint density at radius 2 is 1.71 bits per heavy atom. The standard InChI is InChI=1S/C15H15Cl3N2O/c1-8(2)13-3-9(7-19)4-15(20-13)21-14-6-11(17)10(16)5-12(14)18/h3-6,8H,7,19H2,1-2H3. The molecule has 0 amide bonds. The molecule has 1 aromatic heterocycles. The van der Waals surface area contributed by atoms with Crippen molar-refractivity contribution in [2.24, 2.45) is 5.73 Å². The maximum atomic E-state index is 6.11. The minimum atomic E-state index is 0.267. The lowest BCUT2D eigenvalue weighted by atomic mass is 10.1. The van der Waals surface area contributed by atoms with Crippen LogP contribution in [0.4, 0.5) is 0 Å². The minimum Gasteiger partial charge on any atom is -0.437 e. The zero-order valence-electron chi connectivity index (χ0n) is 11.7. The molecule has 6 heteroatoms. The molecule has 0 aliphatic carbocycles. The van der Waals surface area contributed by atoms with Crippen molar-refractivity contribution in [1.82, 2.24) is 4.98 Å². The molecule has 0 atom stereocenters. The van der Waals surface area contributed by atoms with Gasteiger partial charge in [0.2, 0.25) is 5.88 Å². The Balaban J connectivity index is 2.39. The van der Waals surface area contributed by atoms with Crippen molar-refractivity contribution >= 4 is 34.8 Å². The second kappa shape index (κ2) is 6.84. The Morgan fingerprint density at radius 1 is 1.05 bits per heavy atom. The third-order valence-corrected chi connectivity index (χ3v) is 3.92. The van der Waals surface area contributed by atoms with Crippen LogP contribution in [-0.4, -0.2) is 4.98 Å². The van der Waals surface area contributed by atoms with Gasteiger partial charge in [0.15, 0.2) is 0 Å². The van der Waals surface area contributed by atoms with E-state index in [1.807, 2.05) is 6.07 Å². The third-order valence-electron chi connectivity index (χ3n) is 2.90. The largest absolute Gasteiger partial charge is 0.437 e. The van der Waals surface area contributed by atoms with Crippen LogP contribution in [0.3, 0.4) is 0 Å². The number of rotatable bonds is 4. The van der Waals surface area contributed by atoms with Gasteiger partial charge in [-0.2, -0.15) is 0 Å². The molecule has 2 aromatic rings. The van der Waals surface area contributed by atoms with Crippen LogP contribution in [0.5, 0.6) is 11.6 Å². The van der Waals surface area contributed by atoms with Gasteiger partial charge in [0.25, 0.3) is 0 Å². The first kappa shape index (κ1) is 16.4. The molecule has 3 nitrogen and oxygen atoms in total. The van der Waals surface area contributed by atoms with E-state index >= 15 is 0 Å². The van der Waals surface area contributed by atoms with E-state index in [1.165, 1.54) is 6.07 Å². The summed E-state index contributed by atoms with van der Waals surface area (Å²) in [4.78, 5) is 4.46. The van der Waals surface area contributed by atoms with Crippen LogP contribution in [0.2, 0.25) is 15.1 Å². The molecule has 0 saturated carbocycles. The summed E-state index contributed by atoms with van der Waals surface area (Å²) < 4.78 is 5.74. The van der Waals surface area contributed by atoms with Gasteiger partial charge in [-0.1, -0.05) is 48.7 Å². The number of halogens is 3. The Bertz CT molecular complexity index is 660. The summed E-state index contributed by atoms with van der Waals surface area (Å²) in [6.07, 6.45) is 0. The maximum absolute atomic E-state index is 6.11. The molecule has 0 fully saturated rings. The molecule has 0 unspecified atom stereocenters. The van der Waals surface area contributed by atoms with Gasteiger partial charge in [-0.25, -0.2) is 4.98 Å². The topological polar surface area (TPSA) is 48.1 Å². The van der Waals surface area contributed by atoms with Crippen LogP contribution >= 0.6 is 34.8 Å². The first-order valence-corrected chi connectivity index (χ1v) is 7.57. The van der Waals surface area contributed by atoms with Crippen LogP contribution in [-0.2, 0) is 6.54 Å². The molecule has 0 saturated heterocycles. The molecule has 0 bridgehead atoms. The highest BCUT2D eigenvalue weighted by molar-refractivity contribution is 6.43.